The van der Waals surface area contributed by atoms with Crippen LogP contribution in [0.2, 0.25) is 0 Å². The fourth-order valence-electron chi connectivity index (χ4n) is 1.65. The summed E-state index contributed by atoms with van der Waals surface area (Å²) < 4.78 is 9.83. The molecule has 6 heteroatoms. The van der Waals surface area contributed by atoms with E-state index in [1.54, 1.807) is 12.1 Å². The summed E-state index contributed by atoms with van der Waals surface area (Å²) in [6.07, 6.45) is 0.197. The van der Waals surface area contributed by atoms with E-state index in [0.29, 0.717) is 5.69 Å². The molecule has 0 unspecified atom stereocenters. The molecule has 0 spiro atoms. The molecule has 1 aromatic carbocycles. The van der Waals surface area contributed by atoms with Gasteiger partial charge in [0.15, 0.2) is 6.29 Å². The van der Waals surface area contributed by atoms with Crippen LogP contribution in [0.5, 0.6) is 0 Å². The maximum Gasteiger partial charge on any atom is 0.313 e. The van der Waals surface area contributed by atoms with Gasteiger partial charge in [0.25, 0.3) is 0 Å². The molecule has 2 amide bonds. The predicted octanol–water partition coefficient (Wildman–Crippen LogP) is 0.923. The number of ether oxygens (including phenoxy) is 2. The second kappa shape index (κ2) is 8.29. The van der Waals surface area contributed by atoms with Crippen molar-refractivity contribution in [1.82, 2.24) is 5.32 Å². The number of carbonyl (C=O) groups is 2. The number of methoxy groups -OCH3 is 2. The Bertz CT molecular complexity index is 458. The normalized spacial score (nSPS) is 10.4. The van der Waals surface area contributed by atoms with Crippen LogP contribution in [-0.4, -0.2) is 38.9 Å². The lowest BCUT2D eigenvalue weighted by molar-refractivity contribution is -0.139. The number of hydrogen-bond acceptors (Lipinski definition) is 4. The van der Waals surface area contributed by atoms with Crippen LogP contribution < -0.4 is 10.6 Å². The molecule has 0 saturated heterocycles. The Kier molecular flexibility index (Phi) is 6.69. The van der Waals surface area contributed by atoms with E-state index < -0.39 is 18.1 Å². The van der Waals surface area contributed by atoms with Crippen molar-refractivity contribution in [2.45, 2.75) is 19.6 Å². The Balaban J connectivity index is 2.55. The molecule has 20 heavy (non-hydrogen) atoms. The van der Waals surface area contributed by atoms with Crippen LogP contribution in [0.1, 0.15) is 12.5 Å². The maximum atomic E-state index is 11.8. The van der Waals surface area contributed by atoms with Gasteiger partial charge in [0.05, 0.1) is 6.54 Å². The van der Waals surface area contributed by atoms with Gasteiger partial charge in [0.2, 0.25) is 0 Å². The first kappa shape index (κ1) is 16.1. The summed E-state index contributed by atoms with van der Waals surface area (Å²) in [6.45, 7) is 2.08. The number of nitrogens with one attached hydrogen (secondary N) is 2. The van der Waals surface area contributed by atoms with Crippen LogP contribution >= 0.6 is 0 Å². The fraction of sp³-hybridized carbons (Fsp3) is 0.429. The van der Waals surface area contributed by atoms with Gasteiger partial charge in [-0.2, -0.15) is 0 Å². The van der Waals surface area contributed by atoms with Crippen LogP contribution in [0.25, 0.3) is 0 Å². The van der Waals surface area contributed by atoms with Gasteiger partial charge < -0.3 is 20.1 Å². The number of anilines is 1. The average molecular weight is 280 g/mol. The first-order valence-electron chi connectivity index (χ1n) is 6.35. The Hall–Kier alpha value is -1.92. The third-order valence-corrected chi connectivity index (χ3v) is 2.81. The van der Waals surface area contributed by atoms with Gasteiger partial charge in [-0.05, 0) is 18.1 Å². The lowest BCUT2D eigenvalue weighted by Crippen LogP contribution is -2.40. The highest BCUT2D eigenvalue weighted by atomic mass is 16.7. The monoisotopic (exact) mass is 280 g/mol. The van der Waals surface area contributed by atoms with Crippen molar-refractivity contribution in [2.24, 2.45) is 0 Å². The third kappa shape index (κ3) is 4.64. The third-order valence-electron chi connectivity index (χ3n) is 2.81. The Morgan fingerprint density at radius 3 is 2.40 bits per heavy atom. The molecule has 0 aromatic heterocycles. The standard InChI is InChI=1S/C14H20N2O4/c1-4-10-7-5-6-8-11(10)16-14(18)13(17)15-9-12(19-2)20-3/h5-8,12H,4,9H2,1-3H3,(H,15,17)(H,16,18). The Labute approximate surface area is 118 Å². The van der Waals surface area contributed by atoms with E-state index in [1.165, 1.54) is 14.2 Å². The summed E-state index contributed by atoms with van der Waals surface area (Å²) in [7, 11) is 2.91. The van der Waals surface area contributed by atoms with Gasteiger partial charge in [-0.15, -0.1) is 0 Å². The van der Waals surface area contributed by atoms with Gasteiger partial charge in [0, 0.05) is 19.9 Å². The second-order valence-electron chi connectivity index (χ2n) is 4.08. The number of benzene rings is 1. The fourth-order valence-corrected chi connectivity index (χ4v) is 1.65. The zero-order valence-electron chi connectivity index (χ0n) is 11.9. The predicted molar refractivity (Wildman–Crippen MR) is 75.3 cm³/mol. The minimum absolute atomic E-state index is 0.106. The first-order valence-corrected chi connectivity index (χ1v) is 6.35. The molecule has 0 aliphatic heterocycles. The molecular weight excluding hydrogens is 260 g/mol. The lowest BCUT2D eigenvalue weighted by Gasteiger charge is -2.14. The Morgan fingerprint density at radius 2 is 1.80 bits per heavy atom. The van der Waals surface area contributed by atoms with Crippen LogP contribution in [0, 0.1) is 0 Å². The molecule has 6 nitrogen and oxygen atoms in total. The highest BCUT2D eigenvalue weighted by molar-refractivity contribution is 6.39. The van der Waals surface area contributed by atoms with E-state index in [2.05, 4.69) is 10.6 Å². The minimum Gasteiger partial charge on any atom is -0.354 e. The number of rotatable bonds is 6. The summed E-state index contributed by atoms with van der Waals surface area (Å²) in [5, 5.41) is 5.03. The molecule has 110 valence electrons. The molecule has 1 rings (SSSR count). The molecule has 0 aliphatic carbocycles. The smallest absolute Gasteiger partial charge is 0.313 e. The number of amides is 2. The summed E-state index contributed by atoms with van der Waals surface area (Å²) in [4.78, 5) is 23.4. The highest BCUT2D eigenvalue weighted by Gasteiger charge is 2.16. The highest BCUT2D eigenvalue weighted by Crippen LogP contribution is 2.15. The zero-order valence-corrected chi connectivity index (χ0v) is 11.9. The van der Waals surface area contributed by atoms with E-state index in [1.807, 2.05) is 19.1 Å². The average Bonchev–Trinajstić information content (AvgIpc) is 2.48. The van der Waals surface area contributed by atoms with Gasteiger partial charge in [-0.1, -0.05) is 25.1 Å². The van der Waals surface area contributed by atoms with Crippen molar-refractivity contribution in [3.63, 3.8) is 0 Å². The minimum atomic E-state index is -0.727. The van der Waals surface area contributed by atoms with Crippen molar-refractivity contribution < 1.29 is 19.1 Å². The van der Waals surface area contributed by atoms with E-state index >= 15 is 0 Å². The van der Waals surface area contributed by atoms with Crippen molar-refractivity contribution in [1.29, 1.82) is 0 Å². The summed E-state index contributed by atoms with van der Waals surface area (Å²) in [5.74, 6) is -1.44. The van der Waals surface area contributed by atoms with Gasteiger partial charge in [-0.25, -0.2) is 0 Å². The lowest BCUT2D eigenvalue weighted by atomic mass is 10.1. The Morgan fingerprint density at radius 1 is 1.15 bits per heavy atom. The van der Waals surface area contributed by atoms with Crippen LogP contribution in [-0.2, 0) is 25.5 Å². The van der Waals surface area contributed by atoms with Crippen molar-refractivity contribution >= 4 is 17.5 Å². The second-order valence-corrected chi connectivity index (χ2v) is 4.08. The largest absolute Gasteiger partial charge is 0.354 e. The van der Waals surface area contributed by atoms with Crippen LogP contribution in [0.4, 0.5) is 5.69 Å². The molecule has 0 saturated carbocycles. The molecular formula is C14H20N2O4. The first-order chi connectivity index (χ1) is 9.62. The van der Waals surface area contributed by atoms with Crippen LogP contribution in [0.3, 0.4) is 0 Å². The molecule has 0 radical (unpaired) electrons. The van der Waals surface area contributed by atoms with Crippen molar-refractivity contribution in [2.75, 3.05) is 26.1 Å². The van der Waals surface area contributed by atoms with Gasteiger partial charge in [0.1, 0.15) is 0 Å². The molecule has 0 fully saturated rings. The SMILES string of the molecule is CCc1ccccc1NC(=O)C(=O)NCC(OC)OC. The van der Waals surface area contributed by atoms with E-state index in [4.69, 9.17) is 9.47 Å². The van der Waals surface area contributed by atoms with E-state index in [0.717, 1.165) is 12.0 Å². The van der Waals surface area contributed by atoms with Crippen LogP contribution in [0.15, 0.2) is 24.3 Å². The maximum absolute atomic E-state index is 11.8. The molecule has 0 aliphatic rings. The van der Waals surface area contributed by atoms with Gasteiger partial charge in [-0.3, -0.25) is 9.59 Å². The zero-order chi connectivity index (χ0) is 15.0. The van der Waals surface area contributed by atoms with Crippen molar-refractivity contribution in [3.05, 3.63) is 29.8 Å². The van der Waals surface area contributed by atoms with E-state index in [9.17, 15) is 9.59 Å². The van der Waals surface area contributed by atoms with E-state index in [-0.39, 0.29) is 6.54 Å². The van der Waals surface area contributed by atoms with Gasteiger partial charge >= 0.3 is 11.8 Å². The number of aryl methyl sites for hydroxylation is 1. The number of para-hydroxylation sites is 1. The summed E-state index contributed by atoms with van der Waals surface area (Å²) in [5.41, 5.74) is 1.62. The number of carbonyl (C=O) groups excluding carboxylic acids is 2. The summed E-state index contributed by atoms with van der Waals surface area (Å²) >= 11 is 0. The molecule has 0 atom stereocenters. The topological polar surface area (TPSA) is 76.7 Å². The molecule has 1 aromatic rings. The molecule has 0 heterocycles. The molecule has 0 bridgehead atoms. The summed E-state index contributed by atoms with van der Waals surface area (Å²) in [6, 6.07) is 7.35. The quantitative estimate of drug-likeness (QED) is 0.600. The number of hydrogen-bond donors (Lipinski definition) is 2. The van der Waals surface area contributed by atoms with Crippen molar-refractivity contribution in [3.8, 4) is 0 Å². The molecule has 2 N–H and O–H groups in total.